The van der Waals surface area contributed by atoms with Crippen LogP contribution in [0.25, 0.3) is 0 Å². The van der Waals surface area contributed by atoms with Gasteiger partial charge in [-0.1, -0.05) is 18.6 Å². The molecule has 2 amide bonds. The minimum atomic E-state index is 0.171. The van der Waals surface area contributed by atoms with E-state index in [9.17, 15) is 9.59 Å². The molecular weight excluding hydrogens is 320 g/mol. The fourth-order valence-electron chi connectivity index (χ4n) is 3.33. The maximum Gasteiger partial charge on any atom is 0.227 e. The van der Waals surface area contributed by atoms with E-state index in [2.05, 4.69) is 12.1 Å². The Morgan fingerprint density at radius 1 is 1.00 bits per heavy atom. The minimum Gasteiger partial charge on any atom is -0.341 e. The van der Waals surface area contributed by atoms with Gasteiger partial charge in [0.05, 0.1) is 6.42 Å². The number of rotatable bonds is 4. The Morgan fingerprint density at radius 3 is 2.29 bits per heavy atom. The molecule has 0 bridgehead atoms. The first-order chi connectivity index (χ1) is 11.7. The predicted molar refractivity (Wildman–Crippen MR) is 97.0 cm³/mol. The molecule has 2 aliphatic rings. The first-order valence-electron chi connectivity index (χ1n) is 8.87. The van der Waals surface area contributed by atoms with Gasteiger partial charge in [-0.2, -0.15) is 0 Å². The summed E-state index contributed by atoms with van der Waals surface area (Å²) < 4.78 is 0. The maximum atomic E-state index is 12.6. The summed E-state index contributed by atoms with van der Waals surface area (Å²) in [5.74, 6) is 0.732. The van der Waals surface area contributed by atoms with Crippen molar-refractivity contribution in [3.63, 3.8) is 0 Å². The van der Waals surface area contributed by atoms with Crippen LogP contribution in [0, 0.1) is 5.92 Å². The number of benzene rings is 1. The van der Waals surface area contributed by atoms with Crippen LogP contribution in [0.1, 0.15) is 31.2 Å². The van der Waals surface area contributed by atoms with E-state index in [0.717, 1.165) is 37.9 Å². The van der Waals surface area contributed by atoms with Crippen LogP contribution in [0.15, 0.2) is 29.2 Å². The highest BCUT2D eigenvalue weighted by Crippen LogP contribution is 2.28. The van der Waals surface area contributed by atoms with Gasteiger partial charge in [0.1, 0.15) is 0 Å². The number of hydrogen-bond acceptors (Lipinski definition) is 3. The lowest BCUT2D eigenvalue weighted by atomic mass is 9.84. The molecule has 1 aromatic rings. The van der Waals surface area contributed by atoms with Gasteiger partial charge in [0.15, 0.2) is 0 Å². The van der Waals surface area contributed by atoms with Crippen LogP contribution < -0.4 is 0 Å². The molecule has 130 valence electrons. The lowest BCUT2D eigenvalue weighted by molar-refractivity contribution is -0.138. The van der Waals surface area contributed by atoms with E-state index in [-0.39, 0.29) is 11.8 Å². The third-order valence-electron chi connectivity index (χ3n) is 5.13. The van der Waals surface area contributed by atoms with Gasteiger partial charge in [-0.15, -0.1) is 11.8 Å². The SMILES string of the molecule is CSc1ccc(CC(=O)N2CCCN(C(=O)C3CCC3)CC2)cc1. The van der Waals surface area contributed by atoms with Crippen LogP contribution >= 0.6 is 11.8 Å². The van der Waals surface area contributed by atoms with Crippen LogP contribution in [0.3, 0.4) is 0 Å². The summed E-state index contributed by atoms with van der Waals surface area (Å²) in [6.45, 7) is 2.91. The second-order valence-corrected chi connectivity index (χ2v) is 7.59. The number of carbonyl (C=O) groups excluding carboxylic acids is 2. The van der Waals surface area contributed by atoms with Crippen molar-refractivity contribution in [3.8, 4) is 0 Å². The fraction of sp³-hybridized carbons (Fsp3) is 0.579. The zero-order chi connectivity index (χ0) is 16.9. The number of carbonyl (C=O) groups is 2. The maximum absolute atomic E-state index is 12.6. The number of amides is 2. The van der Waals surface area contributed by atoms with E-state index >= 15 is 0 Å². The molecule has 4 nitrogen and oxygen atoms in total. The zero-order valence-corrected chi connectivity index (χ0v) is 15.2. The van der Waals surface area contributed by atoms with Crippen LogP contribution in [0.5, 0.6) is 0 Å². The third-order valence-corrected chi connectivity index (χ3v) is 5.87. The fourth-order valence-corrected chi connectivity index (χ4v) is 3.74. The standard InChI is InChI=1S/C19H26N2O2S/c1-24-17-8-6-15(7-9-17)14-18(22)20-10-3-11-21(13-12-20)19(23)16-4-2-5-16/h6-9,16H,2-5,10-14H2,1H3. The summed E-state index contributed by atoms with van der Waals surface area (Å²) in [5, 5.41) is 0. The lowest BCUT2D eigenvalue weighted by Gasteiger charge is -2.31. The molecule has 2 fully saturated rings. The van der Waals surface area contributed by atoms with Crippen molar-refractivity contribution in [3.05, 3.63) is 29.8 Å². The first-order valence-corrected chi connectivity index (χ1v) is 10.1. The molecule has 3 rings (SSSR count). The van der Waals surface area contributed by atoms with Gasteiger partial charge in [-0.25, -0.2) is 0 Å². The molecule has 1 saturated carbocycles. The van der Waals surface area contributed by atoms with E-state index < -0.39 is 0 Å². The van der Waals surface area contributed by atoms with Crippen molar-refractivity contribution in [1.29, 1.82) is 0 Å². The van der Waals surface area contributed by atoms with Crippen molar-refractivity contribution >= 4 is 23.6 Å². The molecule has 0 N–H and O–H groups in total. The normalized spacial score (nSPS) is 18.9. The minimum absolute atomic E-state index is 0.171. The molecule has 1 saturated heterocycles. The van der Waals surface area contributed by atoms with Gasteiger partial charge in [0, 0.05) is 37.0 Å². The molecular formula is C19H26N2O2S. The Morgan fingerprint density at radius 2 is 1.67 bits per heavy atom. The Balaban J connectivity index is 1.52. The first kappa shape index (κ1) is 17.3. The Kier molecular flexibility index (Phi) is 5.82. The zero-order valence-electron chi connectivity index (χ0n) is 14.4. The molecule has 24 heavy (non-hydrogen) atoms. The van der Waals surface area contributed by atoms with Crippen molar-refractivity contribution in [2.45, 2.75) is 37.0 Å². The molecule has 0 aromatic heterocycles. The van der Waals surface area contributed by atoms with Crippen molar-refractivity contribution < 1.29 is 9.59 Å². The van der Waals surface area contributed by atoms with Crippen LogP contribution in [-0.2, 0) is 16.0 Å². The van der Waals surface area contributed by atoms with Gasteiger partial charge in [-0.05, 0) is 43.2 Å². The molecule has 1 heterocycles. The number of hydrogen-bond donors (Lipinski definition) is 0. The van der Waals surface area contributed by atoms with E-state index in [0.29, 0.717) is 25.4 Å². The summed E-state index contributed by atoms with van der Waals surface area (Å²) in [4.78, 5) is 30.1. The summed E-state index contributed by atoms with van der Waals surface area (Å²) in [5.41, 5.74) is 1.06. The van der Waals surface area contributed by atoms with E-state index in [1.807, 2.05) is 28.2 Å². The van der Waals surface area contributed by atoms with E-state index in [1.165, 1.54) is 11.3 Å². The van der Waals surface area contributed by atoms with Crippen LogP contribution in [-0.4, -0.2) is 54.0 Å². The van der Waals surface area contributed by atoms with E-state index in [4.69, 9.17) is 0 Å². The topological polar surface area (TPSA) is 40.6 Å². The van der Waals surface area contributed by atoms with E-state index in [1.54, 1.807) is 11.8 Å². The predicted octanol–water partition coefficient (Wildman–Crippen LogP) is 2.81. The van der Waals surface area contributed by atoms with Gasteiger partial charge >= 0.3 is 0 Å². The third kappa shape index (κ3) is 4.12. The van der Waals surface area contributed by atoms with Crippen LogP contribution in [0.2, 0.25) is 0 Å². The molecule has 0 radical (unpaired) electrons. The molecule has 5 heteroatoms. The van der Waals surface area contributed by atoms with Crippen molar-refractivity contribution in [2.24, 2.45) is 5.92 Å². The number of nitrogens with zero attached hydrogens (tertiary/aromatic N) is 2. The molecule has 0 atom stereocenters. The monoisotopic (exact) mass is 346 g/mol. The quantitative estimate of drug-likeness (QED) is 0.787. The Labute approximate surface area is 148 Å². The Bertz CT molecular complexity index is 584. The highest BCUT2D eigenvalue weighted by Gasteiger charge is 2.30. The average Bonchev–Trinajstić information content (AvgIpc) is 2.80. The van der Waals surface area contributed by atoms with Gasteiger partial charge < -0.3 is 9.80 Å². The average molecular weight is 346 g/mol. The molecule has 1 aliphatic carbocycles. The highest BCUT2D eigenvalue weighted by molar-refractivity contribution is 7.98. The van der Waals surface area contributed by atoms with Crippen molar-refractivity contribution in [2.75, 3.05) is 32.4 Å². The van der Waals surface area contributed by atoms with Crippen LogP contribution in [0.4, 0.5) is 0 Å². The molecule has 0 unspecified atom stereocenters. The summed E-state index contributed by atoms with van der Waals surface area (Å²) in [6.07, 6.45) is 6.66. The molecule has 0 spiro atoms. The lowest BCUT2D eigenvalue weighted by Crippen LogP contribution is -2.41. The summed E-state index contributed by atoms with van der Waals surface area (Å²) >= 11 is 1.71. The largest absolute Gasteiger partial charge is 0.341 e. The molecule has 1 aromatic carbocycles. The van der Waals surface area contributed by atoms with Gasteiger partial charge in [0.2, 0.25) is 11.8 Å². The van der Waals surface area contributed by atoms with Gasteiger partial charge in [-0.3, -0.25) is 9.59 Å². The van der Waals surface area contributed by atoms with Crippen molar-refractivity contribution in [1.82, 2.24) is 9.80 Å². The smallest absolute Gasteiger partial charge is 0.227 e. The second kappa shape index (κ2) is 8.06. The Hall–Kier alpha value is -1.49. The highest BCUT2D eigenvalue weighted by atomic mass is 32.2. The number of thioether (sulfide) groups is 1. The van der Waals surface area contributed by atoms with Gasteiger partial charge in [0.25, 0.3) is 0 Å². The second-order valence-electron chi connectivity index (χ2n) is 6.71. The summed E-state index contributed by atoms with van der Waals surface area (Å²) in [7, 11) is 0. The summed E-state index contributed by atoms with van der Waals surface area (Å²) in [6, 6.07) is 8.20. The molecule has 1 aliphatic heterocycles.